The van der Waals surface area contributed by atoms with Crippen molar-refractivity contribution in [3.8, 4) is 6.07 Å². The highest BCUT2D eigenvalue weighted by Crippen LogP contribution is 2.50. The number of fused-ring (bicyclic) bond motifs is 1. The summed E-state index contributed by atoms with van der Waals surface area (Å²) >= 11 is 0. The lowest BCUT2D eigenvalue weighted by Gasteiger charge is -2.45. The van der Waals surface area contributed by atoms with Crippen LogP contribution in [0, 0.1) is 29.0 Å². The van der Waals surface area contributed by atoms with Gasteiger partial charge in [0.2, 0.25) is 5.91 Å². The molecule has 2 aromatic rings. The average Bonchev–Trinajstić information content (AvgIpc) is 3.49. The maximum absolute atomic E-state index is 14.2. The van der Waals surface area contributed by atoms with E-state index in [1.807, 2.05) is 11.0 Å². The minimum absolute atomic E-state index is 0.00725. The van der Waals surface area contributed by atoms with Crippen molar-refractivity contribution >= 4 is 17.4 Å². The molecule has 0 spiro atoms. The van der Waals surface area contributed by atoms with Crippen molar-refractivity contribution in [2.24, 2.45) is 11.8 Å². The van der Waals surface area contributed by atoms with Crippen molar-refractivity contribution in [1.29, 1.82) is 5.26 Å². The van der Waals surface area contributed by atoms with Crippen molar-refractivity contribution in [2.75, 3.05) is 10.2 Å². The maximum Gasteiger partial charge on any atom is 0.224 e. The molecule has 0 saturated heterocycles. The molecule has 2 heterocycles. The second-order valence-electron chi connectivity index (χ2n) is 7.42. The Hall–Kier alpha value is -2.94. The van der Waals surface area contributed by atoms with Crippen molar-refractivity contribution in [1.82, 2.24) is 4.98 Å². The van der Waals surface area contributed by atoms with Crippen molar-refractivity contribution in [3.63, 3.8) is 0 Å². The van der Waals surface area contributed by atoms with Gasteiger partial charge in [0, 0.05) is 30.8 Å². The Bertz CT molecular complexity index is 934. The van der Waals surface area contributed by atoms with Crippen LogP contribution in [0.15, 0.2) is 36.5 Å². The molecule has 0 unspecified atom stereocenters. The summed E-state index contributed by atoms with van der Waals surface area (Å²) in [4.78, 5) is 18.5. The fourth-order valence-corrected chi connectivity index (χ4v) is 4.27. The highest BCUT2D eigenvalue weighted by Gasteiger charge is 2.47. The Morgan fingerprint density at radius 3 is 2.78 bits per heavy atom. The van der Waals surface area contributed by atoms with Gasteiger partial charge in [-0.1, -0.05) is 6.92 Å². The van der Waals surface area contributed by atoms with E-state index >= 15 is 0 Å². The summed E-state index contributed by atoms with van der Waals surface area (Å²) in [6.07, 6.45) is 3.73. The smallest absolute Gasteiger partial charge is 0.224 e. The minimum Gasteiger partial charge on any atom is -0.360 e. The number of carbonyl (C=O) groups excluding carboxylic acids is 1. The Labute approximate surface area is 157 Å². The van der Waals surface area contributed by atoms with Gasteiger partial charge < -0.3 is 10.2 Å². The predicted molar refractivity (Wildman–Crippen MR) is 101 cm³/mol. The standard InChI is InChI=1S/C21H21FN4O/c1-12-19(25-21-17(22)4-3-9-24-21)16-10-14(11-23)5-8-18(16)26(13(2)27)20(12)15-6-7-15/h3-5,8-10,12,15,19-20H,6-7H2,1-2H3,(H,24,25)/t12-,19-,20-/m1/s1. The van der Waals surface area contributed by atoms with Gasteiger partial charge in [-0.3, -0.25) is 4.79 Å². The van der Waals surface area contributed by atoms with Gasteiger partial charge in [0.1, 0.15) is 0 Å². The molecule has 1 aliphatic carbocycles. The van der Waals surface area contributed by atoms with E-state index in [9.17, 15) is 14.4 Å². The molecule has 138 valence electrons. The Morgan fingerprint density at radius 1 is 1.37 bits per heavy atom. The molecule has 4 rings (SSSR count). The quantitative estimate of drug-likeness (QED) is 0.893. The van der Waals surface area contributed by atoms with Gasteiger partial charge in [0.15, 0.2) is 11.6 Å². The summed E-state index contributed by atoms with van der Waals surface area (Å²) in [6.45, 7) is 3.66. The number of nitriles is 1. The Morgan fingerprint density at radius 2 is 2.15 bits per heavy atom. The Balaban J connectivity index is 1.84. The third-order valence-corrected chi connectivity index (χ3v) is 5.61. The molecule has 27 heavy (non-hydrogen) atoms. The normalized spacial score (nSPS) is 24.1. The third-order valence-electron chi connectivity index (χ3n) is 5.61. The number of rotatable bonds is 3. The zero-order chi connectivity index (χ0) is 19.1. The number of amides is 1. The third kappa shape index (κ3) is 3.03. The summed E-state index contributed by atoms with van der Waals surface area (Å²) in [7, 11) is 0. The molecular weight excluding hydrogens is 343 g/mol. The number of anilines is 2. The molecule has 1 saturated carbocycles. The number of carbonyl (C=O) groups is 1. The van der Waals surface area contributed by atoms with Crippen LogP contribution in [0.1, 0.15) is 43.9 Å². The van der Waals surface area contributed by atoms with Crippen LogP contribution in [0.3, 0.4) is 0 Å². The topological polar surface area (TPSA) is 69.0 Å². The van der Waals surface area contributed by atoms with Crippen molar-refractivity contribution in [2.45, 2.75) is 38.8 Å². The van der Waals surface area contributed by atoms with Crippen LogP contribution in [0.25, 0.3) is 0 Å². The number of aromatic nitrogens is 1. The van der Waals surface area contributed by atoms with Crippen molar-refractivity contribution < 1.29 is 9.18 Å². The summed E-state index contributed by atoms with van der Waals surface area (Å²) in [5.41, 5.74) is 2.15. The van der Waals surface area contributed by atoms with E-state index < -0.39 is 5.82 Å². The SMILES string of the molecule is CC(=O)N1c2ccc(C#N)cc2[C@H](Nc2ncccc2F)[C@@H](C)[C@@H]1C1CC1. The van der Waals surface area contributed by atoms with E-state index in [1.165, 1.54) is 6.07 Å². The Kier molecular flexibility index (Phi) is 4.31. The first-order valence-corrected chi connectivity index (χ1v) is 9.22. The highest BCUT2D eigenvalue weighted by atomic mass is 19.1. The van der Waals surface area contributed by atoms with E-state index in [1.54, 1.807) is 31.3 Å². The minimum atomic E-state index is -0.417. The van der Waals surface area contributed by atoms with Crippen LogP contribution in [0.2, 0.25) is 0 Å². The van der Waals surface area contributed by atoms with Crippen LogP contribution < -0.4 is 10.2 Å². The van der Waals surface area contributed by atoms with E-state index in [2.05, 4.69) is 23.3 Å². The molecule has 1 aromatic carbocycles. The molecule has 1 aromatic heterocycles. The zero-order valence-electron chi connectivity index (χ0n) is 15.3. The van der Waals surface area contributed by atoms with Gasteiger partial charge in [0.05, 0.1) is 17.7 Å². The highest BCUT2D eigenvalue weighted by molar-refractivity contribution is 5.94. The lowest BCUT2D eigenvalue weighted by atomic mass is 9.79. The van der Waals surface area contributed by atoms with Crippen molar-refractivity contribution in [3.05, 3.63) is 53.5 Å². The van der Waals surface area contributed by atoms with Crippen LogP contribution >= 0.6 is 0 Å². The lowest BCUT2D eigenvalue weighted by Crippen LogP contribution is -2.51. The number of hydrogen-bond acceptors (Lipinski definition) is 4. The fraction of sp³-hybridized carbons (Fsp3) is 0.381. The molecular formula is C21H21FN4O. The molecule has 1 aliphatic heterocycles. The number of hydrogen-bond donors (Lipinski definition) is 1. The molecule has 1 N–H and O–H groups in total. The molecule has 0 radical (unpaired) electrons. The van der Waals surface area contributed by atoms with Crippen LogP contribution in [0.4, 0.5) is 15.9 Å². The fourth-order valence-electron chi connectivity index (χ4n) is 4.27. The first-order valence-electron chi connectivity index (χ1n) is 9.22. The largest absolute Gasteiger partial charge is 0.360 e. The summed E-state index contributed by atoms with van der Waals surface area (Å²) in [5.74, 6) is 0.259. The average molecular weight is 364 g/mol. The van der Waals surface area contributed by atoms with Gasteiger partial charge in [-0.25, -0.2) is 9.37 Å². The first kappa shape index (κ1) is 17.5. The number of benzene rings is 1. The van der Waals surface area contributed by atoms with Gasteiger partial charge >= 0.3 is 0 Å². The van der Waals surface area contributed by atoms with Crippen LogP contribution in [0.5, 0.6) is 0 Å². The predicted octanol–water partition coefficient (Wildman–Crippen LogP) is 4.03. The molecule has 1 fully saturated rings. The second-order valence-corrected chi connectivity index (χ2v) is 7.42. The number of halogens is 1. The monoisotopic (exact) mass is 364 g/mol. The number of nitrogens with zero attached hydrogens (tertiary/aromatic N) is 3. The van der Waals surface area contributed by atoms with Gasteiger partial charge in [0.25, 0.3) is 0 Å². The first-order chi connectivity index (χ1) is 13.0. The van der Waals surface area contributed by atoms with Gasteiger partial charge in [-0.05, 0) is 54.7 Å². The lowest BCUT2D eigenvalue weighted by molar-refractivity contribution is -0.117. The van der Waals surface area contributed by atoms with E-state index in [0.717, 1.165) is 24.1 Å². The van der Waals surface area contributed by atoms with Crippen LogP contribution in [-0.2, 0) is 4.79 Å². The molecule has 2 aliphatic rings. The number of pyridine rings is 1. The molecule has 3 atom stereocenters. The molecule has 1 amide bonds. The maximum atomic E-state index is 14.2. The second kappa shape index (κ2) is 6.66. The summed E-state index contributed by atoms with van der Waals surface area (Å²) in [5, 5.41) is 12.6. The van der Waals surface area contributed by atoms with E-state index in [-0.39, 0.29) is 29.7 Å². The summed E-state index contributed by atoms with van der Waals surface area (Å²) in [6, 6.07) is 10.2. The van der Waals surface area contributed by atoms with E-state index in [4.69, 9.17) is 0 Å². The summed E-state index contributed by atoms with van der Waals surface area (Å²) < 4.78 is 14.2. The number of nitrogens with one attached hydrogen (secondary N) is 1. The van der Waals surface area contributed by atoms with Crippen LogP contribution in [-0.4, -0.2) is 16.9 Å². The molecule has 5 nitrogen and oxygen atoms in total. The molecule has 6 heteroatoms. The van der Waals surface area contributed by atoms with Gasteiger partial charge in [-0.2, -0.15) is 5.26 Å². The zero-order valence-corrected chi connectivity index (χ0v) is 15.3. The molecule has 0 bridgehead atoms. The van der Waals surface area contributed by atoms with E-state index in [0.29, 0.717) is 11.5 Å². The van der Waals surface area contributed by atoms with Gasteiger partial charge in [-0.15, -0.1) is 0 Å².